The number of rotatable bonds is 5. The SMILES string of the molecule is CC(C)C(=O)NC(CBr)Cc1ccccc1. The third kappa shape index (κ3) is 4.35. The predicted octanol–water partition coefficient (Wildman–Crippen LogP) is 2.76. The molecular weight excluding hydrogens is 266 g/mol. The molecule has 0 aromatic heterocycles. The molecule has 2 nitrogen and oxygen atoms in total. The number of hydrogen-bond acceptors (Lipinski definition) is 1. The zero-order valence-electron chi connectivity index (χ0n) is 9.74. The Kier molecular flexibility index (Phi) is 5.53. The average molecular weight is 284 g/mol. The molecule has 1 aromatic rings. The molecule has 0 heterocycles. The van der Waals surface area contributed by atoms with Crippen LogP contribution in [-0.4, -0.2) is 17.3 Å². The molecule has 0 aliphatic carbocycles. The minimum absolute atomic E-state index is 0.0392. The Hall–Kier alpha value is -0.830. The van der Waals surface area contributed by atoms with Gasteiger partial charge in [-0.25, -0.2) is 0 Å². The molecule has 0 saturated carbocycles. The van der Waals surface area contributed by atoms with Crippen LogP contribution in [0.25, 0.3) is 0 Å². The van der Waals surface area contributed by atoms with Crippen LogP contribution in [-0.2, 0) is 11.2 Å². The van der Waals surface area contributed by atoms with Crippen LogP contribution in [0.4, 0.5) is 0 Å². The highest BCUT2D eigenvalue weighted by atomic mass is 79.9. The summed E-state index contributed by atoms with van der Waals surface area (Å²) >= 11 is 3.44. The Morgan fingerprint density at radius 3 is 2.44 bits per heavy atom. The Bertz CT molecular complexity index is 324. The molecule has 1 aromatic carbocycles. The van der Waals surface area contributed by atoms with E-state index in [0.29, 0.717) is 0 Å². The van der Waals surface area contributed by atoms with Crippen LogP contribution >= 0.6 is 15.9 Å². The lowest BCUT2D eigenvalue weighted by Gasteiger charge is -2.17. The number of benzene rings is 1. The zero-order chi connectivity index (χ0) is 12.0. The van der Waals surface area contributed by atoms with Crippen molar-refractivity contribution in [2.45, 2.75) is 26.3 Å². The highest BCUT2D eigenvalue weighted by Crippen LogP contribution is 2.06. The molecule has 0 saturated heterocycles. The van der Waals surface area contributed by atoms with Crippen molar-refractivity contribution in [2.24, 2.45) is 5.92 Å². The van der Waals surface area contributed by atoms with Crippen LogP contribution in [0.15, 0.2) is 30.3 Å². The summed E-state index contributed by atoms with van der Waals surface area (Å²) in [5, 5.41) is 3.81. The maximum Gasteiger partial charge on any atom is 0.222 e. The smallest absolute Gasteiger partial charge is 0.222 e. The summed E-state index contributed by atoms with van der Waals surface area (Å²) in [5.74, 6) is 0.151. The Balaban J connectivity index is 2.53. The molecule has 3 heteroatoms. The van der Waals surface area contributed by atoms with E-state index in [1.807, 2.05) is 32.0 Å². The summed E-state index contributed by atoms with van der Waals surface area (Å²) in [7, 11) is 0. The Morgan fingerprint density at radius 2 is 1.94 bits per heavy atom. The van der Waals surface area contributed by atoms with Crippen LogP contribution < -0.4 is 5.32 Å². The van der Waals surface area contributed by atoms with Gasteiger partial charge in [-0.1, -0.05) is 60.1 Å². The monoisotopic (exact) mass is 283 g/mol. The van der Waals surface area contributed by atoms with Crippen LogP contribution in [0.5, 0.6) is 0 Å². The lowest BCUT2D eigenvalue weighted by molar-refractivity contribution is -0.124. The second-order valence-electron chi connectivity index (χ2n) is 4.20. The lowest BCUT2D eigenvalue weighted by atomic mass is 10.1. The third-order valence-electron chi connectivity index (χ3n) is 2.38. The second-order valence-corrected chi connectivity index (χ2v) is 4.85. The summed E-state index contributed by atoms with van der Waals surface area (Å²) in [6, 6.07) is 10.4. The minimum atomic E-state index is 0.0392. The number of halogens is 1. The molecule has 0 fully saturated rings. The van der Waals surface area contributed by atoms with E-state index >= 15 is 0 Å². The van der Waals surface area contributed by atoms with Gasteiger partial charge in [0.1, 0.15) is 0 Å². The first-order chi connectivity index (χ1) is 7.63. The molecule has 88 valence electrons. The molecule has 1 N–H and O–H groups in total. The summed E-state index contributed by atoms with van der Waals surface area (Å²) < 4.78 is 0. The van der Waals surface area contributed by atoms with E-state index in [2.05, 4.69) is 33.4 Å². The van der Waals surface area contributed by atoms with E-state index in [1.54, 1.807) is 0 Å². The number of amides is 1. The van der Waals surface area contributed by atoms with Crippen molar-refractivity contribution in [1.29, 1.82) is 0 Å². The molecule has 0 aliphatic rings. The van der Waals surface area contributed by atoms with Crippen molar-refractivity contribution in [3.8, 4) is 0 Å². The molecule has 0 aliphatic heterocycles. The first-order valence-electron chi connectivity index (χ1n) is 5.53. The van der Waals surface area contributed by atoms with E-state index < -0.39 is 0 Å². The van der Waals surface area contributed by atoms with Crippen molar-refractivity contribution in [3.05, 3.63) is 35.9 Å². The second kappa shape index (κ2) is 6.69. The fourth-order valence-electron chi connectivity index (χ4n) is 1.41. The van der Waals surface area contributed by atoms with Crippen molar-refractivity contribution in [3.63, 3.8) is 0 Å². The van der Waals surface area contributed by atoms with Gasteiger partial charge in [0, 0.05) is 17.3 Å². The van der Waals surface area contributed by atoms with Gasteiger partial charge >= 0.3 is 0 Å². The molecule has 1 atom stereocenters. The van der Waals surface area contributed by atoms with E-state index in [9.17, 15) is 4.79 Å². The zero-order valence-corrected chi connectivity index (χ0v) is 11.3. The number of hydrogen-bond donors (Lipinski definition) is 1. The minimum Gasteiger partial charge on any atom is -0.352 e. The van der Waals surface area contributed by atoms with Crippen molar-refractivity contribution >= 4 is 21.8 Å². The predicted molar refractivity (Wildman–Crippen MR) is 70.7 cm³/mol. The van der Waals surface area contributed by atoms with Crippen molar-refractivity contribution in [2.75, 3.05) is 5.33 Å². The Morgan fingerprint density at radius 1 is 1.31 bits per heavy atom. The number of carbonyl (C=O) groups is 1. The molecule has 0 spiro atoms. The van der Waals surface area contributed by atoms with E-state index in [1.165, 1.54) is 5.56 Å². The van der Waals surface area contributed by atoms with Gasteiger partial charge in [-0.05, 0) is 12.0 Å². The van der Waals surface area contributed by atoms with Crippen LogP contribution in [0.2, 0.25) is 0 Å². The maximum atomic E-state index is 11.6. The largest absolute Gasteiger partial charge is 0.352 e. The normalized spacial score (nSPS) is 12.5. The van der Waals surface area contributed by atoms with E-state index in [-0.39, 0.29) is 17.9 Å². The van der Waals surface area contributed by atoms with Gasteiger partial charge in [-0.3, -0.25) is 4.79 Å². The summed E-state index contributed by atoms with van der Waals surface area (Å²) in [6.45, 7) is 3.81. The average Bonchev–Trinajstić information content (AvgIpc) is 2.29. The fourth-order valence-corrected chi connectivity index (χ4v) is 1.80. The maximum absolute atomic E-state index is 11.6. The van der Waals surface area contributed by atoms with Gasteiger partial charge in [-0.15, -0.1) is 0 Å². The first kappa shape index (κ1) is 13.2. The van der Waals surface area contributed by atoms with Gasteiger partial charge in [0.05, 0.1) is 0 Å². The Labute approximate surface area is 106 Å². The molecular formula is C13H18BrNO. The molecule has 0 bridgehead atoms. The highest BCUT2D eigenvalue weighted by Gasteiger charge is 2.13. The van der Waals surface area contributed by atoms with Crippen LogP contribution in [0.3, 0.4) is 0 Å². The van der Waals surface area contributed by atoms with Crippen molar-refractivity contribution < 1.29 is 4.79 Å². The number of carbonyl (C=O) groups excluding carboxylic acids is 1. The summed E-state index contributed by atoms with van der Waals surface area (Å²) in [6.07, 6.45) is 0.866. The molecule has 16 heavy (non-hydrogen) atoms. The molecule has 1 rings (SSSR count). The van der Waals surface area contributed by atoms with Gasteiger partial charge in [-0.2, -0.15) is 0 Å². The summed E-state index contributed by atoms with van der Waals surface area (Å²) in [4.78, 5) is 11.6. The molecule has 1 unspecified atom stereocenters. The van der Waals surface area contributed by atoms with Crippen LogP contribution in [0.1, 0.15) is 19.4 Å². The molecule has 0 radical (unpaired) electrons. The van der Waals surface area contributed by atoms with E-state index in [0.717, 1.165) is 11.8 Å². The fraction of sp³-hybridized carbons (Fsp3) is 0.462. The van der Waals surface area contributed by atoms with E-state index in [4.69, 9.17) is 0 Å². The van der Waals surface area contributed by atoms with Crippen molar-refractivity contribution in [1.82, 2.24) is 5.32 Å². The number of nitrogens with one attached hydrogen (secondary N) is 1. The van der Waals surface area contributed by atoms with Crippen LogP contribution in [0, 0.1) is 5.92 Å². The number of alkyl halides is 1. The lowest BCUT2D eigenvalue weighted by Crippen LogP contribution is -2.39. The highest BCUT2D eigenvalue weighted by molar-refractivity contribution is 9.09. The van der Waals surface area contributed by atoms with Gasteiger partial charge < -0.3 is 5.32 Å². The molecule has 1 amide bonds. The third-order valence-corrected chi connectivity index (χ3v) is 3.16. The topological polar surface area (TPSA) is 29.1 Å². The van der Waals surface area contributed by atoms with Gasteiger partial charge in [0.25, 0.3) is 0 Å². The first-order valence-corrected chi connectivity index (χ1v) is 6.66. The quantitative estimate of drug-likeness (QED) is 0.828. The van der Waals surface area contributed by atoms with Gasteiger partial charge in [0.2, 0.25) is 5.91 Å². The van der Waals surface area contributed by atoms with Gasteiger partial charge in [0.15, 0.2) is 0 Å². The standard InChI is InChI=1S/C13H18BrNO/c1-10(2)13(16)15-12(9-14)8-11-6-4-3-5-7-11/h3-7,10,12H,8-9H2,1-2H3,(H,15,16). The summed E-state index contributed by atoms with van der Waals surface area (Å²) in [5.41, 5.74) is 1.25.